The SMILES string of the molecule is CN1CCN2c3c(cccc31)[C@@H]1CN(CCc3[nH]nc4ccccc34)CC[C@@H]12. The Kier molecular flexibility index (Phi) is 3.66. The molecule has 0 amide bonds. The number of piperidine rings is 1. The summed E-state index contributed by atoms with van der Waals surface area (Å²) in [5.74, 6) is 0.647. The second-order valence-corrected chi connectivity index (χ2v) is 8.56. The third kappa shape index (κ3) is 2.39. The molecule has 0 unspecified atom stereocenters. The largest absolute Gasteiger partial charge is 0.371 e. The molecule has 0 aliphatic carbocycles. The fourth-order valence-electron chi connectivity index (χ4n) is 5.65. The van der Waals surface area contributed by atoms with Crippen molar-refractivity contribution < 1.29 is 0 Å². The molecule has 2 aromatic carbocycles. The second kappa shape index (κ2) is 6.24. The monoisotopic (exact) mass is 373 g/mol. The zero-order valence-corrected chi connectivity index (χ0v) is 16.4. The third-order valence-corrected chi connectivity index (χ3v) is 7.10. The summed E-state index contributed by atoms with van der Waals surface area (Å²) >= 11 is 0. The van der Waals surface area contributed by atoms with E-state index in [0.29, 0.717) is 12.0 Å². The van der Waals surface area contributed by atoms with Crippen LogP contribution >= 0.6 is 0 Å². The summed E-state index contributed by atoms with van der Waals surface area (Å²) in [5, 5.41) is 8.99. The fourth-order valence-corrected chi connectivity index (χ4v) is 5.65. The number of likely N-dealkylation sites (tertiary alicyclic amines) is 1. The number of nitrogens with zero attached hydrogens (tertiary/aromatic N) is 4. The zero-order valence-electron chi connectivity index (χ0n) is 16.4. The number of benzene rings is 2. The summed E-state index contributed by atoms with van der Waals surface area (Å²) in [4.78, 5) is 7.81. The highest BCUT2D eigenvalue weighted by Crippen LogP contribution is 2.50. The van der Waals surface area contributed by atoms with Gasteiger partial charge in [0.2, 0.25) is 0 Å². The lowest BCUT2D eigenvalue weighted by Crippen LogP contribution is -2.49. The number of aromatic amines is 1. The van der Waals surface area contributed by atoms with Crippen LogP contribution in [0.5, 0.6) is 0 Å². The number of nitrogens with one attached hydrogen (secondary N) is 1. The summed E-state index contributed by atoms with van der Waals surface area (Å²) in [7, 11) is 2.23. The lowest BCUT2D eigenvalue weighted by atomic mass is 9.89. The normalized spacial score (nSPS) is 23.9. The van der Waals surface area contributed by atoms with Gasteiger partial charge in [0.05, 0.1) is 16.9 Å². The molecule has 5 heteroatoms. The molecule has 4 heterocycles. The Morgan fingerprint density at radius 3 is 2.96 bits per heavy atom. The topological polar surface area (TPSA) is 38.4 Å². The highest BCUT2D eigenvalue weighted by atomic mass is 15.3. The second-order valence-electron chi connectivity index (χ2n) is 8.56. The van der Waals surface area contributed by atoms with Gasteiger partial charge in [0.15, 0.2) is 0 Å². The van der Waals surface area contributed by atoms with Crippen LogP contribution < -0.4 is 9.80 Å². The van der Waals surface area contributed by atoms with Crippen molar-refractivity contribution in [1.29, 1.82) is 0 Å². The summed E-state index contributed by atoms with van der Waals surface area (Å²) in [6.45, 7) is 5.78. The van der Waals surface area contributed by atoms with Crippen LogP contribution in [-0.2, 0) is 6.42 Å². The number of likely N-dealkylation sites (N-methyl/N-ethyl adjacent to an activating group) is 1. The van der Waals surface area contributed by atoms with Crippen LogP contribution in [0.4, 0.5) is 11.4 Å². The molecule has 1 N–H and O–H groups in total. The Labute approximate surface area is 165 Å². The van der Waals surface area contributed by atoms with E-state index in [0.717, 1.165) is 25.0 Å². The predicted molar refractivity (Wildman–Crippen MR) is 114 cm³/mol. The van der Waals surface area contributed by atoms with E-state index in [1.54, 1.807) is 5.56 Å². The van der Waals surface area contributed by atoms with Crippen LogP contribution in [0.15, 0.2) is 42.5 Å². The van der Waals surface area contributed by atoms with Gasteiger partial charge in [-0.3, -0.25) is 5.10 Å². The van der Waals surface area contributed by atoms with E-state index in [-0.39, 0.29) is 0 Å². The fraction of sp³-hybridized carbons (Fsp3) is 0.435. The van der Waals surface area contributed by atoms with E-state index >= 15 is 0 Å². The highest BCUT2D eigenvalue weighted by molar-refractivity contribution is 5.81. The van der Waals surface area contributed by atoms with Crippen molar-refractivity contribution in [1.82, 2.24) is 15.1 Å². The van der Waals surface area contributed by atoms with Gasteiger partial charge in [0.1, 0.15) is 0 Å². The Morgan fingerprint density at radius 2 is 2.00 bits per heavy atom. The first kappa shape index (κ1) is 16.4. The molecule has 144 valence electrons. The van der Waals surface area contributed by atoms with E-state index < -0.39 is 0 Å². The van der Waals surface area contributed by atoms with Gasteiger partial charge in [-0.2, -0.15) is 5.10 Å². The third-order valence-electron chi connectivity index (χ3n) is 7.10. The van der Waals surface area contributed by atoms with Gasteiger partial charge in [-0.15, -0.1) is 0 Å². The maximum absolute atomic E-state index is 4.46. The van der Waals surface area contributed by atoms with E-state index in [1.807, 2.05) is 0 Å². The smallest absolute Gasteiger partial charge is 0.0923 e. The lowest BCUT2D eigenvalue weighted by molar-refractivity contribution is 0.195. The standard InChI is InChI=1S/C23H27N5/c1-26-13-14-28-21-10-12-27(15-18(21)16-6-4-8-22(26)23(16)28)11-9-20-17-5-2-3-7-19(17)24-25-20/h2-8,18,21H,9-15H2,1H3,(H,24,25)/t18-,21-/m0/s1. The molecular formula is C23H27N5. The molecule has 2 atom stereocenters. The maximum Gasteiger partial charge on any atom is 0.0923 e. The molecule has 0 bridgehead atoms. The number of rotatable bonds is 3. The minimum Gasteiger partial charge on any atom is -0.371 e. The van der Waals surface area contributed by atoms with Crippen LogP contribution in [0.3, 0.4) is 0 Å². The Hall–Kier alpha value is -2.53. The molecule has 5 nitrogen and oxygen atoms in total. The molecule has 3 aromatic rings. The molecule has 6 rings (SSSR count). The van der Waals surface area contributed by atoms with Crippen molar-refractivity contribution in [3.05, 3.63) is 53.7 Å². The number of hydrogen-bond donors (Lipinski definition) is 1. The Morgan fingerprint density at radius 1 is 1.07 bits per heavy atom. The Balaban J connectivity index is 1.22. The van der Waals surface area contributed by atoms with Crippen LogP contribution in [0.2, 0.25) is 0 Å². The summed E-state index contributed by atoms with van der Waals surface area (Å²) in [6.07, 6.45) is 2.31. The Bertz CT molecular complexity index is 1020. The number of hydrogen-bond acceptors (Lipinski definition) is 4. The minimum atomic E-state index is 0.647. The van der Waals surface area contributed by atoms with Gasteiger partial charge in [-0.1, -0.05) is 30.3 Å². The molecule has 1 aromatic heterocycles. The molecule has 3 aliphatic rings. The lowest BCUT2D eigenvalue weighted by Gasteiger charge is -2.41. The number of H-pyrrole nitrogens is 1. The van der Waals surface area contributed by atoms with Gasteiger partial charge in [0, 0.05) is 69.2 Å². The zero-order chi connectivity index (χ0) is 18.7. The van der Waals surface area contributed by atoms with Crippen molar-refractivity contribution in [2.24, 2.45) is 0 Å². The first-order chi connectivity index (χ1) is 13.8. The van der Waals surface area contributed by atoms with Crippen LogP contribution in [0.25, 0.3) is 10.9 Å². The quantitative estimate of drug-likeness (QED) is 0.765. The molecular weight excluding hydrogens is 346 g/mol. The first-order valence-corrected chi connectivity index (χ1v) is 10.5. The first-order valence-electron chi connectivity index (χ1n) is 10.5. The molecule has 1 saturated heterocycles. The summed E-state index contributed by atoms with van der Waals surface area (Å²) in [6, 6.07) is 16.0. The van der Waals surface area contributed by atoms with E-state index in [4.69, 9.17) is 0 Å². The van der Waals surface area contributed by atoms with Crippen molar-refractivity contribution in [3.63, 3.8) is 0 Å². The molecule has 28 heavy (non-hydrogen) atoms. The van der Waals surface area contributed by atoms with E-state index in [2.05, 4.69) is 74.4 Å². The molecule has 0 saturated carbocycles. The maximum atomic E-state index is 4.46. The number of para-hydroxylation sites is 2. The number of anilines is 2. The molecule has 3 aliphatic heterocycles. The van der Waals surface area contributed by atoms with Crippen molar-refractivity contribution >= 4 is 22.3 Å². The van der Waals surface area contributed by atoms with Gasteiger partial charge in [-0.05, 0) is 24.1 Å². The summed E-state index contributed by atoms with van der Waals surface area (Å²) < 4.78 is 0. The average Bonchev–Trinajstić information content (AvgIpc) is 3.29. The van der Waals surface area contributed by atoms with Crippen molar-refractivity contribution in [2.45, 2.75) is 24.8 Å². The number of aromatic nitrogens is 2. The van der Waals surface area contributed by atoms with Crippen molar-refractivity contribution in [3.8, 4) is 0 Å². The van der Waals surface area contributed by atoms with Crippen LogP contribution in [-0.4, -0.2) is 60.9 Å². The van der Waals surface area contributed by atoms with E-state index in [1.165, 1.54) is 48.5 Å². The van der Waals surface area contributed by atoms with Crippen molar-refractivity contribution in [2.75, 3.05) is 49.6 Å². The summed E-state index contributed by atoms with van der Waals surface area (Å²) in [5.41, 5.74) is 6.87. The highest BCUT2D eigenvalue weighted by Gasteiger charge is 2.44. The molecule has 0 spiro atoms. The molecule has 0 radical (unpaired) electrons. The van der Waals surface area contributed by atoms with Gasteiger partial charge in [-0.25, -0.2) is 0 Å². The number of fused-ring (bicyclic) bond motifs is 4. The van der Waals surface area contributed by atoms with Crippen LogP contribution in [0.1, 0.15) is 23.6 Å². The van der Waals surface area contributed by atoms with Gasteiger partial charge in [0.25, 0.3) is 0 Å². The van der Waals surface area contributed by atoms with Crippen LogP contribution in [0, 0.1) is 0 Å². The van der Waals surface area contributed by atoms with E-state index in [9.17, 15) is 0 Å². The van der Waals surface area contributed by atoms with Gasteiger partial charge >= 0.3 is 0 Å². The minimum absolute atomic E-state index is 0.647. The van der Waals surface area contributed by atoms with Gasteiger partial charge < -0.3 is 14.7 Å². The predicted octanol–water partition coefficient (Wildman–Crippen LogP) is 3.23. The molecule has 1 fully saturated rings. The average molecular weight is 374 g/mol.